The first-order valence-corrected chi connectivity index (χ1v) is 7.10. The normalized spacial score (nSPS) is 13.4. The molecule has 1 aliphatic heterocycles. The van der Waals surface area contributed by atoms with Gasteiger partial charge in [0, 0.05) is 11.9 Å². The minimum absolute atomic E-state index is 0.162. The maximum absolute atomic E-state index is 12.5. The molecular formula is C17H14N2O3. The van der Waals surface area contributed by atoms with Crippen molar-refractivity contribution in [3.63, 3.8) is 0 Å². The third kappa shape index (κ3) is 1.86. The van der Waals surface area contributed by atoms with Crippen molar-refractivity contribution >= 4 is 22.6 Å². The summed E-state index contributed by atoms with van der Waals surface area (Å²) in [6, 6.07) is 11.3. The predicted molar refractivity (Wildman–Crippen MR) is 82.4 cm³/mol. The summed E-state index contributed by atoms with van der Waals surface area (Å²) in [6.45, 7) is 0.612. The number of rotatable bonds is 2. The summed E-state index contributed by atoms with van der Waals surface area (Å²) < 4.78 is 10.6. The van der Waals surface area contributed by atoms with Crippen molar-refractivity contribution in [2.75, 3.05) is 18.6 Å². The Morgan fingerprint density at radius 3 is 3.00 bits per heavy atom. The molecule has 3 aromatic rings. The van der Waals surface area contributed by atoms with Crippen LogP contribution < -0.4 is 9.64 Å². The zero-order chi connectivity index (χ0) is 15.1. The van der Waals surface area contributed by atoms with E-state index in [9.17, 15) is 4.79 Å². The number of benzene rings is 1. The molecule has 0 fully saturated rings. The summed E-state index contributed by atoms with van der Waals surface area (Å²) in [5.74, 6) is 1.57. The van der Waals surface area contributed by atoms with Crippen LogP contribution in [0.25, 0.3) is 10.9 Å². The van der Waals surface area contributed by atoms with E-state index in [1.54, 1.807) is 24.1 Å². The van der Waals surface area contributed by atoms with Gasteiger partial charge in [-0.3, -0.25) is 9.69 Å². The summed E-state index contributed by atoms with van der Waals surface area (Å²) in [6.07, 6.45) is 2.29. The fraction of sp³-hybridized carbons (Fsp3) is 0.176. The molecule has 5 heteroatoms. The molecule has 2 aromatic heterocycles. The number of pyridine rings is 1. The number of hydrogen-bond donors (Lipinski definition) is 0. The molecule has 0 radical (unpaired) electrons. The van der Waals surface area contributed by atoms with E-state index >= 15 is 0 Å². The summed E-state index contributed by atoms with van der Waals surface area (Å²) in [7, 11) is 1.62. The van der Waals surface area contributed by atoms with Gasteiger partial charge in [-0.15, -0.1) is 0 Å². The van der Waals surface area contributed by atoms with E-state index in [-0.39, 0.29) is 5.91 Å². The van der Waals surface area contributed by atoms with Crippen molar-refractivity contribution in [1.29, 1.82) is 0 Å². The fourth-order valence-corrected chi connectivity index (χ4v) is 2.86. The summed E-state index contributed by atoms with van der Waals surface area (Å²) in [5.41, 5.74) is 1.84. The average molecular weight is 294 g/mol. The molecule has 1 amide bonds. The van der Waals surface area contributed by atoms with Gasteiger partial charge in [-0.25, -0.2) is 4.98 Å². The molecule has 0 atom stereocenters. The number of ether oxygens (including phenoxy) is 1. The molecule has 4 rings (SSSR count). The third-order valence-corrected chi connectivity index (χ3v) is 3.92. The topological polar surface area (TPSA) is 55.6 Å². The van der Waals surface area contributed by atoms with Crippen LogP contribution in [0.3, 0.4) is 0 Å². The molecule has 0 saturated heterocycles. The first kappa shape index (κ1) is 12.9. The number of nitrogens with zero attached hydrogens (tertiary/aromatic N) is 2. The molecule has 110 valence electrons. The predicted octanol–water partition coefficient (Wildman–Crippen LogP) is 3.04. The molecule has 0 N–H and O–H groups in total. The molecule has 0 bridgehead atoms. The summed E-state index contributed by atoms with van der Waals surface area (Å²) >= 11 is 0. The highest BCUT2D eigenvalue weighted by atomic mass is 16.5. The molecule has 22 heavy (non-hydrogen) atoms. The number of para-hydroxylation sites is 1. The maximum atomic E-state index is 12.5. The number of amides is 1. The van der Waals surface area contributed by atoms with Crippen LogP contribution in [0.15, 0.2) is 47.1 Å². The Morgan fingerprint density at radius 1 is 1.32 bits per heavy atom. The lowest BCUT2D eigenvalue weighted by molar-refractivity contribution is 0.0962. The standard InChI is InChI=1S/C17H14N2O3/c1-21-13-5-2-4-11-10-12-7-8-19(16(12)18-15(11)13)17(20)14-6-3-9-22-14/h2-6,9-10H,7-8H2,1H3. The second kappa shape index (κ2) is 4.87. The largest absolute Gasteiger partial charge is 0.494 e. The van der Waals surface area contributed by atoms with Crippen LogP contribution in [0.5, 0.6) is 5.75 Å². The summed E-state index contributed by atoms with van der Waals surface area (Å²) in [4.78, 5) is 18.9. The van der Waals surface area contributed by atoms with Crippen molar-refractivity contribution in [1.82, 2.24) is 4.98 Å². The Hall–Kier alpha value is -2.82. The lowest BCUT2D eigenvalue weighted by atomic mass is 10.1. The highest BCUT2D eigenvalue weighted by molar-refractivity contribution is 6.05. The van der Waals surface area contributed by atoms with E-state index < -0.39 is 0 Å². The van der Waals surface area contributed by atoms with Gasteiger partial charge in [0.1, 0.15) is 17.1 Å². The number of aromatic nitrogens is 1. The van der Waals surface area contributed by atoms with Crippen LogP contribution in [0, 0.1) is 0 Å². The van der Waals surface area contributed by atoms with Crippen molar-refractivity contribution in [2.45, 2.75) is 6.42 Å². The first-order valence-electron chi connectivity index (χ1n) is 7.10. The van der Waals surface area contributed by atoms with Gasteiger partial charge in [0.2, 0.25) is 0 Å². The van der Waals surface area contributed by atoms with E-state index in [0.717, 1.165) is 22.9 Å². The van der Waals surface area contributed by atoms with Crippen molar-refractivity contribution in [3.8, 4) is 5.75 Å². The van der Waals surface area contributed by atoms with Crippen LogP contribution in [0.4, 0.5) is 5.82 Å². The Bertz CT molecular complexity index is 856. The number of anilines is 1. The van der Waals surface area contributed by atoms with Gasteiger partial charge in [0.05, 0.1) is 13.4 Å². The number of fused-ring (bicyclic) bond motifs is 2. The molecule has 5 nitrogen and oxygen atoms in total. The number of methoxy groups -OCH3 is 1. The van der Waals surface area contributed by atoms with Gasteiger partial charge in [0.25, 0.3) is 5.91 Å². The van der Waals surface area contributed by atoms with E-state index in [2.05, 4.69) is 11.1 Å². The van der Waals surface area contributed by atoms with Gasteiger partial charge in [-0.2, -0.15) is 0 Å². The molecular weight excluding hydrogens is 280 g/mol. The lowest BCUT2D eigenvalue weighted by Crippen LogP contribution is -2.29. The Balaban J connectivity index is 1.84. The van der Waals surface area contributed by atoms with Crippen LogP contribution >= 0.6 is 0 Å². The van der Waals surface area contributed by atoms with Crippen LogP contribution in [0.2, 0.25) is 0 Å². The Morgan fingerprint density at radius 2 is 2.23 bits per heavy atom. The van der Waals surface area contributed by atoms with Crippen molar-refractivity contribution in [2.24, 2.45) is 0 Å². The second-order valence-electron chi connectivity index (χ2n) is 5.19. The van der Waals surface area contributed by atoms with Gasteiger partial charge in [-0.05, 0) is 36.2 Å². The van der Waals surface area contributed by atoms with E-state index in [0.29, 0.717) is 23.9 Å². The van der Waals surface area contributed by atoms with Gasteiger partial charge >= 0.3 is 0 Å². The zero-order valence-corrected chi connectivity index (χ0v) is 12.1. The average Bonchev–Trinajstić information content (AvgIpc) is 3.21. The van der Waals surface area contributed by atoms with Gasteiger partial charge in [0.15, 0.2) is 5.76 Å². The quantitative estimate of drug-likeness (QED) is 0.729. The molecule has 1 aromatic carbocycles. The molecule has 0 spiro atoms. The number of hydrogen-bond acceptors (Lipinski definition) is 4. The van der Waals surface area contributed by atoms with E-state index in [4.69, 9.17) is 9.15 Å². The van der Waals surface area contributed by atoms with Crippen molar-refractivity contribution < 1.29 is 13.9 Å². The fourth-order valence-electron chi connectivity index (χ4n) is 2.86. The molecule has 3 heterocycles. The lowest BCUT2D eigenvalue weighted by Gasteiger charge is -2.15. The minimum Gasteiger partial charge on any atom is -0.494 e. The Labute approximate surface area is 127 Å². The molecule has 0 saturated carbocycles. The van der Waals surface area contributed by atoms with Crippen LogP contribution in [-0.4, -0.2) is 24.5 Å². The Kier molecular flexibility index (Phi) is 2.85. The highest BCUT2D eigenvalue weighted by Gasteiger charge is 2.29. The zero-order valence-electron chi connectivity index (χ0n) is 12.1. The third-order valence-electron chi connectivity index (χ3n) is 3.92. The first-order chi connectivity index (χ1) is 10.8. The second-order valence-corrected chi connectivity index (χ2v) is 5.19. The monoisotopic (exact) mass is 294 g/mol. The van der Waals surface area contributed by atoms with Gasteiger partial charge < -0.3 is 9.15 Å². The maximum Gasteiger partial charge on any atom is 0.295 e. The SMILES string of the molecule is COc1cccc2cc3c(nc12)N(C(=O)c1ccco1)CC3. The molecule has 0 unspecified atom stereocenters. The van der Waals surface area contributed by atoms with E-state index in [1.165, 1.54) is 6.26 Å². The number of carbonyl (C=O) groups is 1. The minimum atomic E-state index is -0.162. The van der Waals surface area contributed by atoms with Crippen LogP contribution in [-0.2, 0) is 6.42 Å². The highest BCUT2D eigenvalue weighted by Crippen LogP contribution is 2.33. The summed E-state index contributed by atoms with van der Waals surface area (Å²) in [5, 5.41) is 1.02. The van der Waals surface area contributed by atoms with E-state index in [1.807, 2.05) is 18.2 Å². The molecule has 0 aliphatic carbocycles. The number of carbonyl (C=O) groups excluding carboxylic acids is 1. The van der Waals surface area contributed by atoms with Gasteiger partial charge in [-0.1, -0.05) is 12.1 Å². The van der Waals surface area contributed by atoms with Crippen molar-refractivity contribution in [3.05, 3.63) is 54.0 Å². The smallest absolute Gasteiger partial charge is 0.295 e. The molecule has 1 aliphatic rings. The number of furan rings is 1. The van der Waals surface area contributed by atoms with Crippen LogP contribution in [0.1, 0.15) is 16.1 Å².